The number of nitrogens with zero attached hydrogens (tertiary/aromatic N) is 1. The monoisotopic (exact) mass is 455 g/mol. The number of rotatable bonds is 6. The minimum Gasteiger partial charge on any atom is -0.361 e. The number of benzene rings is 2. The summed E-state index contributed by atoms with van der Waals surface area (Å²) < 4.78 is 0. The average molecular weight is 456 g/mol. The molecule has 2 aliphatic rings. The van der Waals surface area contributed by atoms with Crippen molar-refractivity contribution in [2.24, 2.45) is 0 Å². The van der Waals surface area contributed by atoms with Gasteiger partial charge in [0.05, 0.1) is 5.57 Å². The van der Waals surface area contributed by atoms with Gasteiger partial charge in [0.2, 0.25) is 0 Å². The molecule has 0 radical (unpaired) electrons. The number of fused-ring (bicyclic) bond motifs is 1. The highest BCUT2D eigenvalue weighted by molar-refractivity contribution is 7.08. The molecular weight excluding hydrogens is 430 g/mol. The van der Waals surface area contributed by atoms with Crippen LogP contribution in [0.1, 0.15) is 40.4 Å². The Morgan fingerprint density at radius 3 is 2.67 bits per heavy atom. The van der Waals surface area contributed by atoms with Crippen molar-refractivity contribution in [1.29, 1.82) is 0 Å². The number of hydrogen-bond acceptors (Lipinski definition) is 5. The second kappa shape index (κ2) is 9.17. The average Bonchev–Trinajstić information content (AvgIpc) is 3.52. The molecule has 1 saturated heterocycles. The van der Waals surface area contributed by atoms with Gasteiger partial charge in [-0.1, -0.05) is 24.3 Å². The van der Waals surface area contributed by atoms with Crippen molar-refractivity contribution in [3.63, 3.8) is 0 Å². The van der Waals surface area contributed by atoms with Gasteiger partial charge in [0, 0.05) is 35.6 Å². The fourth-order valence-corrected chi connectivity index (χ4v) is 5.29. The summed E-state index contributed by atoms with van der Waals surface area (Å²) in [5, 5.41) is 9.75. The van der Waals surface area contributed by atoms with Gasteiger partial charge in [0.25, 0.3) is 11.8 Å². The lowest BCUT2D eigenvalue weighted by Crippen LogP contribution is -2.36. The molecule has 1 fully saturated rings. The molecule has 0 bridgehead atoms. The predicted octanol–water partition coefficient (Wildman–Crippen LogP) is 5.46. The van der Waals surface area contributed by atoms with Crippen molar-refractivity contribution in [3.05, 3.63) is 94.8 Å². The van der Waals surface area contributed by atoms with Gasteiger partial charge in [0.15, 0.2) is 0 Å². The Kier molecular flexibility index (Phi) is 5.94. The van der Waals surface area contributed by atoms with Gasteiger partial charge >= 0.3 is 0 Å². The van der Waals surface area contributed by atoms with Crippen molar-refractivity contribution in [1.82, 2.24) is 10.2 Å². The summed E-state index contributed by atoms with van der Waals surface area (Å²) in [4.78, 5) is 27.5. The van der Waals surface area contributed by atoms with E-state index in [4.69, 9.17) is 0 Å². The van der Waals surface area contributed by atoms with Crippen LogP contribution in [0.5, 0.6) is 0 Å². The molecule has 0 aliphatic carbocycles. The molecule has 2 aliphatic heterocycles. The van der Waals surface area contributed by atoms with Gasteiger partial charge in [-0.15, -0.1) is 6.58 Å². The second-order valence-corrected chi connectivity index (χ2v) is 9.10. The highest BCUT2D eigenvalue weighted by atomic mass is 32.1. The standard InChI is InChI=1S/C27H25N3O2S/c1-2-12-30-13-3-4-25(30)18-5-8-21(9-6-18)28-16-24-23-15-19(20-11-14-33-17-20)7-10-22(23)26(31)29-27(24)32/h2,5-11,14-17,25,28H,1,3-4,12-13H2,(H,29,31,32)/b24-16-. The third-order valence-corrected chi connectivity index (χ3v) is 6.97. The first-order valence-electron chi connectivity index (χ1n) is 11.1. The Balaban J connectivity index is 1.40. The lowest BCUT2D eigenvalue weighted by molar-refractivity contribution is -0.114. The summed E-state index contributed by atoms with van der Waals surface area (Å²) in [6.45, 7) is 5.87. The number of carbonyl (C=O) groups excluding carboxylic acids is 2. The molecule has 1 unspecified atom stereocenters. The molecule has 2 N–H and O–H groups in total. The van der Waals surface area contributed by atoms with Crippen LogP contribution in [0.15, 0.2) is 78.1 Å². The Bertz CT molecular complexity index is 1230. The summed E-state index contributed by atoms with van der Waals surface area (Å²) in [6.07, 6.45) is 6.00. The van der Waals surface area contributed by atoms with E-state index >= 15 is 0 Å². The van der Waals surface area contributed by atoms with Crippen LogP contribution in [-0.2, 0) is 4.79 Å². The molecule has 5 nitrogen and oxygen atoms in total. The third kappa shape index (κ3) is 4.27. The van der Waals surface area contributed by atoms with Gasteiger partial charge in [-0.2, -0.15) is 11.3 Å². The maximum Gasteiger partial charge on any atom is 0.260 e. The van der Waals surface area contributed by atoms with Crippen molar-refractivity contribution in [2.75, 3.05) is 18.4 Å². The summed E-state index contributed by atoms with van der Waals surface area (Å²) in [7, 11) is 0. The number of imide groups is 1. The number of amides is 2. The van der Waals surface area contributed by atoms with Crippen LogP contribution in [0, 0.1) is 0 Å². The molecule has 0 spiro atoms. The van der Waals surface area contributed by atoms with Crippen molar-refractivity contribution < 1.29 is 9.59 Å². The van der Waals surface area contributed by atoms with Crippen molar-refractivity contribution in [3.8, 4) is 11.1 Å². The fraction of sp³-hybridized carbons (Fsp3) is 0.185. The van der Waals surface area contributed by atoms with E-state index in [2.05, 4.69) is 39.6 Å². The summed E-state index contributed by atoms with van der Waals surface area (Å²) in [6, 6.07) is 16.4. The van der Waals surface area contributed by atoms with E-state index in [0.717, 1.165) is 36.3 Å². The van der Waals surface area contributed by atoms with Gasteiger partial charge in [0.1, 0.15) is 0 Å². The first kappa shape index (κ1) is 21.4. The van der Waals surface area contributed by atoms with Crippen LogP contribution in [0.3, 0.4) is 0 Å². The smallest absolute Gasteiger partial charge is 0.260 e. The lowest BCUT2D eigenvalue weighted by atomic mass is 9.92. The van der Waals surface area contributed by atoms with E-state index in [1.807, 2.05) is 41.8 Å². The Hall–Kier alpha value is -3.48. The predicted molar refractivity (Wildman–Crippen MR) is 134 cm³/mol. The summed E-state index contributed by atoms with van der Waals surface area (Å²) in [5.74, 6) is -0.765. The van der Waals surface area contributed by atoms with E-state index in [1.54, 1.807) is 23.6 Å². The second-order valence-electron chi connectivity index (χ2n) is 8.32. The van der Waals surface area contributed by atoms with Gasteiger partial charge < -0.3 is 5.32 Å². The van der Waals surface area contributed by atoms with E-state index in [0.29, 0.717) is 22.7 Å². The van der Waals surface area contributed by atoms with Crippen LogP contribution in [0.25, 0.3) is 16.7 Å². The molecule has 0 saturated carbocycles. The van der Waals surface area contributed by atoms with Gasteiger partial charge in [-0.05, 0) is 77.2 Å². The van der Waals surface area contributed by atoms with E-state index < -0.39 is 5.91 Å². The molecule has 5 rings (SSSR count). The molecular formula is C27H25N3O2S. The molecule has 33 heavy (non-hydrogen) atoms. The zero-order valence-corrected chi connectivity index (χ0v) is 19.0. The van der Waals surface area contributed by atoms with E-state index in [-0.39, 0.29) is 5.91 Å². The van der Waals surface area contributed by atoms with Crippen molar-refractivity contribution >= 4 is 34.4 Å². The quantitative estimate of drug-likeness (QED) is 0.294. The SMILES string of the molecule is C=CCN1CCCC1c1ccc(N/C=C2\C(=O)NC(=O)c3ccc(-c4ccsc4)cc32)cc1. The topological polar surface area (TPSA) is 61.4 Å². The maximum absolute atomic E-state index is 12.7. The van der Waals surface area contributed by atoms with Gasteiger partial charge in [-0.3, -0.25) is 19.8 Å². The minimum atomic E-state index is -0.398. The van der Waals surface area contributed by atoms with Crippen LogP contribution >= 0.6 is 11.3 Å². The highest BCUT2D eigenvalue weighted by Gasteiger charge is 2.28. The number of anilines is 1. The summed E-state index contributed by atoms with van der Waals surface area (Å²) >= 11 is 1.61. The highest BCUT2D eigenvalue weighted by Crippen LogP contribution is 2.33. The van der Waals surface area contributed by atoms with Crippen LogP contribution < -0.4 is 10.6 Å². The van der Waals surface area contributed by atoms with E-state index in [9.17, 15) is 9.59 Å². The van der Waals surface area contributed by atoms with Crippen LogP contribution in [-0.4, -0.2) is 29.8 Å². The zero-order valence-electron chi connectivity index (χ0n) is 18.2. The normalized spacial score (nSPS) is 19.4. The lowest BCUT2D eigenvalue weighted by Gasteiger charge is -2.23. The van der Waals surface area contributed by atoms with Crippen LogP contribution in [0.4, 0.5) is 5.69 Å². The zero-order chi connectivity index (χ0) is 22.8. The molecule has 1 aromatic heterocycles. The minimum absolute atomic E-state index is 0.367. The summed E-state index contributed by atoms with van der Waals surface area (Å²) in [5.41, 5.74) is 5.82. The molecule has 1 atom stereocenters. The van der Waals surface area contributed by atoms with E-state index in [1.165, 1.54) is 12.0 Å². The molecule has 2 aromatic carbocycles. The maximum atomic E-state index is 12.7. The first-order chi connectivity index (χ1) is 16.1. The number of hydrogen-bond donors (Lipinski definition) is 2. The third-order valence-electron chi connectivity index (χ3n) is 6.29. The van der Waals surface area contributed by atoms with Crippen molar-refractivity contribution in [2.45, 2.75) is 18.9 Å². The number of nitrogens with one attached hydrogen (secondary N) is 2. The fourth-order valence-electron chi connectivity index (χ4n) is 4.62. The van der Waals surface area contributed by atoms with Crippen LogP contribution in [0.2, 0.25) is 0 Å². The number of likely N-dealkylation sites (tertiary alicyclic amines) is 1. The number of carbonyl (C=O) groups is 2. The first-order valence-corrected chi connectivity index (χ1v) is 12.0. The Morgan fingerprint density at radius 2 is 1.91 bits per heavy atom. The molecule has 3 aromatic rings. The molecule has 3 heterocycles. The largest absolute Gasteiger partial charge is 0.361 e. The van der Waals surface area contributed by atoms with Gasteiger partial charge in [-0.25, -0.2) is 0 Å². The molecule has 2 amide bonds. The Morgan fingerprint density at radius 1 is 1.06 bits per heavy atom. The Labute approximate surface area is 197 Å². The molecule has 6 heteroatoms. The molecule has 166 valence electrons. The number of thiophene rings is 1.